The van der Waals surface area contributed by atoms with Crippen LogP contribution < -0.4 is 5.73 Å². The van der Waals surface area contributed by atoms with Crippen molar-refractivity contribution in [2.75, 3.05) is 0 Å². The summed E-state index contributed by atoms with van der Waals surface area (Å²) in [5.74, 6) is 0. The van der Waals surface area contributed by atoms with Gasteiger partial charge in [-0.15, -0.1) is 11.3 Å². The number of pyridine rings is 1. The molecule has 0 saturated carbocycles. The maximum atomic E-state index is 6.17. The molecule has 0 fully saturated rings. The molecule has 90 valence electrons. The lowest BCUT2D eigenvalue weighted by atomic mass is 10.1. The van der Waals surface area contributed by atoms with E-state index in [1.807, 2.05) is 29.6 Å². The van der Waals surface area contributed by atoms with E-state index < -0.39 is 0 Å². The second-order valence-electron chi connectivity index (χ2n) is 3.84. The minimum Gasteiger partial charge on any atom is -0.325 e. The van der Waals surface area contributed by atoms with Gasteiger partial charge in [-0.2, -0.15) is 0 Å². The third-order valence-electron chi connectivity index (χ3n) is 2.71. The van der Waals surface area contributed by atoms with E-state index in [1.54, 1.807) is 17.5 Å². The molecule has 2 aromatic heterocycles. The highest BCUT2D eigenvalue weighted by atomic mass is 35.5. The molecule has 0 aliphatic heterocycles. The highest BCUT2D eigenvalue weighted by Gasteiger charge is 2.10. The number of hydrogen-bond acceptors (Lipinski definition) is 4. The van der Waals surface area contributed by atoms with Crippen LogP contribution in [0.1, 0.15) is 5.69 Å². The van der Waals surface area contributed by atoms with E-state index in [4.69, 9.17) is 17.3 Å². The van der Waals surface area contributed by atoms with Crippen molar-refractivity contribution in [3.05, 3.63) is 46.6 Å². The van der Waals surface area contributed by atoms with E-state index in [-0.39, 0.29) is 0 Å². The molecule has 0 radical (unpaired) electrons. The van der Waals surface area contributed by atoms with Crippen LogP contribution in [0, 0.1) is 0 Å². The summed E-state index contributed by atoms with van der Waals surface area (Å²) in [5.41, 5.74) is 8.36. The lowest BCUT2D eigenvalue weighted by Crippen LogP contribution is -1.95. The first-order valence-electron chi connectivity index (χ1n) is 5.47. The largest absolute Gasteiger partial charge is 0.325 e. The number of fused-ring (bicyclic) bond motifs is 1. The van der Waals surface area contributed by atoms with Gasteiger partial charge in [0.2, 0.25) is 0 Å². The first kappa shape index (κ1) is 11.6. The zero-order valence-corrected chi connectivity index (χ0v) is 11.0. The number of nitrogens with two attached hydrogens (primary N) is 1. The Kier molecular flexibility index (Phi) is 2.99. The predicted octanol–water partition coefficient (Wildman–Crippen LogP) is 3.47. The molecule has 5 heteroatoms. The summed E-state index contributed by atoms with van der Waals surface area (Å²) in [6.45, 7) is 0.454. The average molecular weight is 276 g/mol. The Morgan fingerprint density at radius 1 is 1.28 bits per heavy atom. The molecule has 0 bridgehead atoms. The molecule has 0 atom stereocenters. The van der Waals surface area contributed by atoms with Gasteiger partial charge in [-0.1, -0.05) is 11.6 Å². The van der Waals surface area contributed by atoms with Crippen LogP contribution in [0.25, 0.3) is 21.5 Å². The minimum absolute atomic E-state index is 0.454. The van der Waals surface area contributed by atoms with Crippen LogP contribution in [-0.2, 0) is 6.54 Å². The van der Waals surface area contributed by atoms with Crippen molar-refractivity contribution in [3.8, 4) is 10.6 Å². The van der Waals surface area contributed by atoms with E-state index in [2.05, 4.69) is 9.97 Å². The number of benzene rings is 1. The summed E-state index contributed by atoms with van der Waals surface area (Å²) >= 11 is 7.75. The molecule has 1 aromatic carbocycles. The van der Waals surface area contributed by atoms with Crippen LogP contribution >= 0.6 is 22.9 Å². The van der Waals surface area contributed by atoms with Gasteiger partial charge in [0.25, 0.3) is 0 Å². The standard InChI is InChI=1S/C13H10ClN3S/c14-11-4-3-10(12-9(11)2-1-5-16-12)13-17-8(6-15)7-18-13/h1-5,7H,6,15H2. The van der Waals surface area contributed by atoms with Gasteiger partial charge in [0.1, 0.15) is 5.01 Å². The van der Waals surface area contributed by atoms with Gasteiger partial charge in [0.15, 0.2) is 0 Å². The van der Waals surface area contributed by atoms with Gasteiger partial charge < -0.3 is 5.73 Å². The zero-order chi connectivity index (χ0) is 12.5. The van der Waals surface area contributed by atoms with Gasteiger partial charge in [-0.25, -0.2) is 4.98 Å². The number of hydrogen-bond donors (Lipinski definition) is 1. The van der Waals surface area contributed by atoms with Crippen LogP contribution in [0.4, 0.5) is 0 Å². The number of aromatic nitrogens is 2. The molecule has 0 amide bonds. The summed E-state index contributed by atoms with van der Waals surface area (Å²) < 4.78 is 0. The van der Waals surface area contributed by atoms with Crippen molar-refractivity contribution in [2.45, 2.75) is 6.54 Å². The molecule has 0 unspecified atom stereocenters. The first-order chi connectivity index (χ1) is 8.79. The minimum atomic E-state index is 0.454. The van der Waals surface area contributed by atoms with Crippen LogP contribution in [0.3, 0.4) is 0 Å². The lowest BCUT2D eigenvalue weighted by molar-refractivity contribution is 1.01. The van der Waals surface area contributed by atoms with Crippen molar-refractivity contribution < 1.29 is 0 Å². The number of rotatable bonds is 2. The predicted molar refractivity (Wildman–Crippen MR) is 75.8 cm³/mol. The quantitative estimate of drug-likeness (QED) is 0.779. The van der Waals surface area contributed by atoms with Crippen molar-refractivity contribution in [1.82, 2.24) is 9.97 Å². The Bertz CT molecular complexity index is 708. The Morgan fingerprint density at radius 3 is 2.94 bits per heavy atom. The zero-order valence-electron chi connectivity index (χ0n) is 9.43. The Hall–Kier alpha value is -1.49. The van der Waals surface area contributed by atoms with Gasteiger partial charge in [-0.05, 0) is 24.3 Å². The second-order valence-corrected chi connectivity index (χ2v) is 5.11. The van der Waals surface area contributed by atoms with Gasteiger partial charge in [0.05, 0.1) is 16.2 Å². The molecule has 3 nitrogen and oxygen atoms in total. The Morgan fingerprint density at radius 2 is 2.17 bits per heavy atom. The molecule has 3 aromatic rings. The fourth-order valence-electron chi connectivity index (χ4n) is 1.83. The lowest BCUT2D eigenvalue weighted by Gasteiger charge is -2.04. The van der Waals surface area contributed by atoms with Crippen LogP contribution in [0.15, 0.2) is 35.8 Å². The maximum Gasteiger partial charge on any atom is 0.125 e. The maximum absolute atomic E-state index is 6.17. The van der Waals surface area contributed by atoms with E-state index in [1.165, 1.54) is 0 Å². The van der Waals surface area contributed by atoms with Crippen molar-refractivity contribution in [2.24, 2.45) is 5.73 Å². The third-order valence-corrected chi connectivity index (χ3v) is 3.96. The van der Waals surface area contributed by atoms with Gasteiger partial charge >= 0.3 is 0 Å². The topological polar surface area (TPSA) is 51.8 Å². The summed E-state index contributed by atoms with van der Waals surface area (Å²) in [4.78, 5) is 8.89. The summed E-state index contributed by atoms with van der Waals surface area (Å²) in [5, 5.41) is 4.55. The molecular weight excluding hydrogens is 266 g/mol. The fourth-order valence-corrected chi connectivity index (χ4v) is 2.91. The van der Waals surface area contributed by atoms with Gasteiger partial charge in [-0.3, -0.25) is 4.98 Å². The molecular formula is C13H10ClN3S. The number of thiazole rings is 1. The van der Waals surface area contributed by atoms with Crippen LogP contribution in [0.5, 0.6) is 0 Å². The normalized spacial score (nSPS) is 11.0. The SMILES string of the molecule is NCc1csc(-c2ccc(Cl)c3cccnc23)n1. The molecule has 2 N–H and O–H groups in total. The molecule has 0 spiro atoms. The van der Waals surface area contributed by atoms with Crippen molar-refractivity contribution in [3.63, 3.8) is 0 Å². The Labute approximate surface area is 113 Å². The molecule has 0 saturated heterocycles. The van der Waals surface area contributed by atoms with Crippen LogP contribution in [-0.4, -0.2) is 9.97 Å². The smallest absolute Gasteiger partial charge is 0.125 e. The first-order valence-corrected chi connectivity index (χ1v) is 6.73. The third kappa shape index (κ3) is 1.88. The fraction of sp³-hybridized carbons (Fsp3) is 0.0769. The van der Waals surface area contributed by atoms with E-state index in [0.29, 0.717) is 11.6 Å². The Balaban J connectivity index is 2.26. The summed E-state index contributed by atoms with van der Waals surface area (Å²) in [7, 11) is 0. The molecule has 0 aliphatic rings. The summed E-state index contributed by atoms with van der Waals surface area (Å²) in [6, 6.07) is 7.68. The molecule has 2 heterocycles. The molecule has 3 rings (SSSR count). The van der Waals surface area contributed by atoms with E-state index in [9.17, 15) is 0 Å². The summed E-state index contributed by atoms with van der Waals surface area (Å²) in [6.07, 6.45) is 1.76. The number of halogens is 1. The molecule has 0 aliphatic carbocycles. The average Bonchev–Trinajstić information content (AvgIpc) is 2.88. The molecule has 18 heavy (non-hydrogen) atoms. The second kappa shape index (κ2) is 4.65. The monoisotopic (exact) mass is 275 g/mol. The van der Waals surface area contributed by atoms with E-state index in [0.717, 1.165) is 27.2 Å². The van der Waals surface area contributed by atoms with Crippen LogP contribution in [0.2, 0.25) is 5.02 Å². The highest BCUT2D eigenvalue weighted by Crippen LogP contribution is 2.33. The van der Waals surface area contributed by atoms with Crippen molar-refractivity contribution in [1.29, 1.82) is 0 Å². The number of nitrogens with zero attached hydrogens (tertiary/aromatic N) is 2. The highest BCUT2D eigenvalue weighted by molar-refractivity contribution is 7.13. The van der Waals surface area contributed by atoms with E-state index >= 15 is 0 Å². The van der Waals surface area contributed by atoms with Gasteiger partial charge in [0, 0.05) is 29.1 Å². The van der Waals surface area contributed by atoms with Crippen molar-refractivity contribution >= 4 is 33.8 Å².